The molecular formula is C21H19N3O2. The van der Waals surface area contributed by atoms with Gasteiger partial charge in [0.15, 0.2) is 0 Å². The van der Waals surface area contributed by atoms with E-state index in [0.29, 0.717) is 5.52 Å². The van der Waals surface area contributed by atoms with Crippen LogP contribution in [0.1, 0.15) is 17.2 Å². The zero-order valence-electron chi connectivity index (χ0n) is 14.4. The van der Waals surface area contributed by atoms with Crippen molar-refractivity contribution in [3.63, 3.8) is 0 Å². The average Bonchev–Trinajstić information content (AvgIpc) is 3.10. The molecule has 130 valence electrons. The van der Waals surface area contributed by atoms with E-state index >= 15 is 0 Å². The lowest BCUT2D eigenvalue weighted by molar-refractivity contribution is 0.155. The van der Waals surface area contributed by atoms with E-state index < -0.39 is 6.10 Å². The first-order valence-electron chi connectivity index (χ1n) is 8.51. The first-order chi connectivity index (χ1) is 12.6. The number of aliphatic hydroxyl groups excluding tert-OH is 1. The summed E-state index contributed by atoms with van der Waals surface area (Å²) in [6.07, 6.45) is 2.66. The van der Waals surface area contributed by atoms with Crippen LogP contribution in [0.2, 0.25) is 0 Å². The molecule has 0 radical (unpaired) electrons. The molecule has 1 atom stereocenters. The minimum atomic E-state index is -0.740. The molecule has 2 aromatic heterocycles. The topological polar surface area (TPSA) is 59.5 Å². The van der Waals surface area contributed by atoms with Crippen LogP contribution in [0, 0.1) is 6.92 Å². The van der Waals surface area contributed by atoms with Gasteiger partial charge in [0.25, 0.3) is 5.56 Å². The second kappa shape index (κ2) is 6.61. The highest BCUT2D eigenvalue weighted by Crippen LogP contribution is 2.19. The van der Waals surface area contributed by atoms with Crippen molar-refractivity contribution in [3.8, 4) is 11.3 Å². The molecule has 0 fully saturated rings. The molecule has 0 saturated carbocycles. The van der Waals surface area contributed by atoms with Gasteiger partial charge in [0.2, 0.25) is 0 Å². The Kier molecular flexibility index (Phi) is 4.14. The van der Waals surface area contributed by atoms with Crippen LogP contribution in [0.5, 0.6) is 0 Å². The van der Waals surface area contributed by atoms with Crippen molar-refractivity contribution in [1.82, 2.24) is 14.2 Å². The van der Waals surface area contributed by atoms with Crippen LogP contribution in [0.3, 0.4) is 0 Å². The molecule has 1 N–H and O–H groups in total. The van der Waals surface area contributed by atoms with Gasteiger partial charge in [-0.1, -0.05) is 60.2 Å². The standard InChI is InChI=1S/C21H19N3O2/c1-15-7-9-16(10-8-15)18-13-19-21(26)23(11-12-24(19)22-18)14-20(25)17-5-3-2-4-6-17/h2-13,20,25H,14H2,1H3/t20-/m1/s1. The van der Waals surface area contributed by atoms with Gasteiger partial charge in [0.05, 0.1) is 18.3 Å². The van der Waals surface area contributed by atoms with E-state index in [-0.39, 0.29) is 12.1 Å². The molecule has 4 aromatic rings. The van der Waals surface area contributed by atoms with Crippen molar-refractivity contribution in [2.75, 3.05) is 0 Å². The number of aliphatic hydroxyl groups is 1. The maximum absolute atomic E-state index is 12.8. The van der Waals surface area contributed by atoms with E-state index in [4.69, 9.17) is 0 Å². The van der Waals surface area contributed by atoms with Gasteiger partial charge >= 0.3 is 0 Å². The third kappa shape index (κ3) is 3.05. The van der Waals surface area contributed by atoms with Crippen LogP contribution in [-0.2, 0) is 6.54 Å². The summed E-state index contributed by atoms with van der Waals surface area (Å²) < 4.78 is 3.11. The number of aromatic nitrogens is 3. The molecule has 0 aliphatic rings. The highest BCUT2D eigenvalue weighted by atomic mass is 16.3. The van der Waals surface area contributed by atoms with Crippen molar-refractivity contribution >= 4 is 5.52 Å². The van der Waals surface area contributed by atoms with Gasteiger partial charge in [-0.3, -0.25) is 4.79 Å². The normalized spacial score (nSPS) is 12.4. The van der Waals surface area contributed by atoms with Crippen LogP contribution in [0.15, 0.2) is 77.9 Å². The summed E-state index contributed by atoms with van der Waals surface area (Å²) in [5.74, 6) is 0. The summed E-state index contributed by atoms with van der Waals surface area (Å²) in [6, 6.07) is 19.2. The van der Waals surface area contributed by atoms with Gasteiger partial charge in [-0.15, -0.1) is 0 Å². The molecule has 2 heterocycles. The molecule has 0 bridgehead atoms. The molecule has 0 unspecified atom stereocenters. The van der Waals surface area contributed by atoms with Gasteiger partial charge in [-0.05, 0) is 18.6 Å². The Morgan fingerprint density at radius 1 is 1.04 bits per heavy atom. The lowest BCUT2D eigenvalue weighted by Crippen LogP contribution is -2.24. The molecule has 5 heteroatoms. The minimum absolute atomic E-state index is 0.173. The summed E-state index contributed by atoms with van der Waals surface area (Å²) >= 11 is 0. The van der Waals surface area contributed by atoms with Crippen LogP contribution in [0.4, 0.5) is 0 Å². The third-order valence-corrected chi connectivity index (χ3v) is 4.50. The van der Waals surface area contributed by atoms with E-state index in [1.807, 2.05) is 61.5 Å². The Morgan fingerprint density at radius 3 is 2.50 bits per heavy atom. The maximum atomic E-state index is 12.8. The molecule has 0 spiro atoms. The van der Waals surface area contributed by atoms with Crippen molar-refractivity contribution in [2.45, 2.75) is 19.6 Å². The monoisotopic (exact) mass is 345 g/mol. The van der Waals surface area contributed by atoms with E-state index in [1.165, 1.54) is 10.1 Å². The first-order valence-corrected chi connectivity index (χ1v) is 8.51. The fraction of sp³-hybridized carbons (Fsp3) is 0.143. The Balaban J connectivity index is 1.69. The second-order valence-corrected chi connectivity index (χ2v) is 6.41. The van der Waals surface area contributed by atoms with Crippen molar-refractivity contribution in [1.29, 1.82) is 0 Å². The molecular weight excluding hydrogens is 326 g/mol. The number of hydrogen-bond donors (Lipinski definition) is 1. The van der Waals surface area contributed by atoms with Crippen molar-refractivity contribution in [3.05, 3.63) is 94.5 Å². The summed E-state index contributed by atoms with van der Waals surface area (Å²) in [7, 11) is 0. The van der Waals surface area contributed by atoms with Crippen molar-refractivity contribution < 1.29 is 5.11 Å². The predicted molar refractivity (Wildman–Crippen MR) is 101 cm³/mol. The van der Waals surface area contributed by atoms with E-state index in [9.17, 15) is 9.90 Å². The summed E-state index contributed by atoms with van der Waals surface area (Å²) in [5.41, 5.74) is 4.00. The van der Waals surface area contributed by atoms with Gasteiger partial charge in [-0.2, -0.15) is 5.10 Å². The number of benzene rings is 2. The van der Waals surface area contributed by atoms with E-state index in [1.54, 1.807) is 23.0 Å². The van der Waals surface area contributed by atoms with Crippen molar-refractivity contribution in [2.24, 2.45) is 0 Å². The van der Waals surface area contributed by atoms with Crippen LogP contribution < -0.4 is 5.56 Å². The number of aryl methyl sites for hydroxylation is 1. The number of hydrogen-bond acceptors (Lipinski definition) is 3. The minimum Gasteiger partial charge on any atom is -0.387 e. The lowest BCUT2D eigenvalue weighted by atomic mass is 10.1. The molecule has 0 aliphatic heterocycles. The molecule has 0 saturated heterocycles. The van der Waals surface area contributed by atoms with E-state index in [0.717, 1.165) is 16.8 Å². The Labute approximate surface area is 150 Å². The summed E-state index contributed by atoms with van der Waals surface area (Å²) in [5, 5.41) is 14.9. The van der Waals surface area contributed by atoms with E-state index in [2.05, 4.69) is 5.10 Å². The van der Waals surface area contributed by atoms with Gasteiger partial charge in [0, 0.05) is 18.0 Å². The average molecular weight is 345 g/mol. The Bertz CT molecular complexity index is 1100. The molecule has 5 nitrogen and oxygen atoms in total. The SMILES string of the molecule is Cc1ccc(-c2cc3c(=O)n(C[C@@H](O)c4ccccc4)ccn3n2)cc1. The number of fused-ring (bicyclic) bond motifs is 1. The van der Waals surface area contributed by atoms with Gasteiger partial charge in [0.1, 0.15) is 5.52 Å². The highest BCUT2D eigenvalue weighted by molar-refractivity contribution is 5.65. The quantitative estimate of drug-likeness (QED) is 0.618. The van der Waals surface area contributed by atoms with Crippen LogP contribution >= 0.6 is 0 Å². The van der Waals surface area contributed by atoms with Gasteiger partial charge in [-0.25, -0.2) is 4.52 Å². The fourth-order valence-corrected chi connectivity index (χ4v) is 3.00. The fourth-order valence-electron chi connectivity index (χ4n) is 3.00. The molecule has 2 aromatic carbocycles. The highest BCUT2D eigenvalue weighted by Gasteiger charge is 2.12. The largest absolute Gasteiger partial charge is 0.387 e. The second-order valence-electron chi connectivity index (χ2n) is 6.41. The molecule has 0 aliphatic carbocycles. The summed E-state index contributed by atoms with van der Waals surface area (Å²) in [6.45, 7) is 2.23. The van der Waals surface area contributed by atoms with Gasteiger partial charge < -0.3 is 9.67 Å². The zero-order chi connectivity index (χ0) is 18.1. The Hall–Kier alpha value is -3.18. The van der Waals surface area contributed by atoms with Crippen LogP contribution in [-0.4, -0.2) is 19.3 Å². The zero-order valence-corrected chi connectivity index (χ0v) is 14.4. The Morgan fingerprint density at radius 2 is 1.77 bits per heavy atom. The van der Waals surface area contributed by atoms with Crippen LogP contribution in [0.25, 0.3) is 16.8 Å². The number of rotatable bonds is 4. The lowest BCUT2D eigenvalue weighted by Gasteiger charge is -2.13. The third-order valence-electron chi connectivity index (χ3n) is 4.50. The predicted octanol–water partition coefficient (Wildman–Crippen LogP) is 3.21. The number of nitrogens with zero attached hydrogens (tertiary/aromatic N) is 3. The maximum Gasteiger partial charge on any atom is 0.276 e. The smallest absolute Gasteiger partial charge is 0.276 e. The summed E-state index contributed by atoms with van der Waals surface area (Å²) in [4.78, 5) is 12.8. The molecule has 0 amide bonds. The first kappa shape index (κ1) is 16.3. The molecule has 26 heavy (non-hydrogen) atoms. The molecule has 4 rings (SSSR count).